The topological polar surface area (TPSA) is 43.6 Å². The van der Waals surface area contributed by atoms with Gasteiger partial charge in [-0.25, -0.2) is 15.0 Å². The number of fused-ring (bicyclic) bond motifs is 8. The van der Waals surface area contributed by atoms with E-state index in [4.69, 9.17) is 15.0 Å². The van der Waals surface area contributed by atoms with E-state index in [0.29, 0.717) is 17.5 Å². The Morgan fingerprint density at radius 3 is 1.39 bits per heavy atom. The number of aromatic nitrogens is 4. The number of nitrogens with zero attached hydrogens (tertiary/aromatic N) is 4. The van der Waals surface area contributed by atoms with Crippen molar-refractivity contribution in [3.8, 4) is 73.2 Å². The van der Waals surface area contributed by atoms with Crippen LogP contribution in [0.5, 0.6) is 0 Å². The van der Waals surface area contributed by atoms with Gasteiger partial charge in [0.2, 0.25) is 0 Å². The van der Waals surface area contributed by atoms with Gasteiger partial charge in [-0.2, -0.15) is 0 Å². The molecule has 0 bridgehead atoms. The van der Waals surface area contributed by atoms with Gasteiger partial charge < -0.3 is 4.57 Å². The first-order chi connectivity index (χ1) is 34.7. The highest BCUT2D eigenvalue weighted by molar-refractivity contribution is 7.25. The molecule has 70 heavy (non-hydrogen) atoms. The maximum Gasteiger partial charge on any atom is 0.164 e. The lowest BCUT2D eigenvalue weighted by atomic mass is 9.87. The minimum Gasteiger partial charge on any atom is -0.309 e. The summed E-state index contributed by atoms with van der Waals surface area (Å²) in [6.45, 7) is 0. The van der Waals surface area contributed by atoms with Crippen LogP contribution in [-0.2, 0) is 0 Å². The second kappa shape index (κ2) is 16.3. The Morgan fingerprint density at radius 1 is 0.286 bits per heavy atom. The van der Waals surface area contributed by atoms with E-state index in [-0.39, 0.29) is 0 Å². The third-order valence-corrected chi connectivity index (χ3v) is 15.0. The standard InChI is InChI=1S/C65H40N4S/c1-4-16-41(17-5-1)42-28-30-44(31-29-42)62-56(69-57-39-48-24-12-10-22-46(48)36-53(57)54-37-47-23-11-13-25-49(47)40-58(54)69)34-33-52(61(62)43-18-6-2-7-19-43)65-67-63(45-20-8-3-9-21-45)66-64(68-65)50-32-35-60-55(38-50)51-26-14-15-27-59(51)70-60/h1-40H. The average molecular weight is 909 g/mol. The van der Waals surface area contributed by atoms with E-state index in [2.05, 4.69) is 229 Å². The molecule has 0 spiro atoms. The van der Waals surface area contributed by atoms with Crippen LogP contribution >= 0.6 is 11.3 Å². The number of thiophene rings is 1. The van der Waals surface area contributed by atoms with Gasteiger partial charge >= 0.3 is 0 Å². The van der Waals surface area contributed by atoms with Crippen molar-refractivity contribution in [3.05, 3.63) is 243 Å². The van der Waals surface area contributed by atoms with Crippen LogP contribution in [0, 0.1) is 0 Å². The molecule has 0 fully saturated rings. The van der Waals surface area contributed by atoms with Crippen LogP contribution in [0.1, 0.15) is 0 Å². The molecule has 0 saturated carbocycles. The molecule has 0 radical (unpaired) electrons. The van der Waals surface area contributed by atoms with Crippen molar-refractivity contribution in [2.75, 3.05) is 0 Å². The van der Waals surface area contributed by atoms with Crippen LogP contribution in [0.4, 0.5) is 0 Å². The lowest BCUT2D eigenvalue weighted by Crippen LogP contribution is -2.04. The van der Waals surface area contributed by atoms with E-state index in [1.54, 1.807) is 0 Å². The Kier molecular flexibility index (Phi) is 9.36. The van der Waals surface area contributed by atoms with Crippen LogP contribution in [0.25, 0.3) is 137 Å². The van der Waals surface area contributed by atoms with Gasteiger partial charge in [-0.3, -0.25) is 0 Å². The van der Waals surface area contributed by atoms with Crippen molar-refractivity contribution in [2.24, 2.45) is 0 Å². The number of rotatable bonds is 7. The molecule has 3 heterocycles. The maximum atomic E-state index is 5.48. The van der Waals surface area contributed by atoms with E-state index < -0.39 is 0 Å². The summed E-state index contributed by atoms with van der Waals surface area (Å²) < 4.78 is 4.99. The normalized spacial score (nSPS) is 11.7. The van der Waals surface area contributed by atoms with Gasteiger partial charge in [0.15, 0.2) is 17.5 Å². The second-order valence-electron chi connectivity index (χ2n) is 17.9. The zero-order chi connectivity index (χ0) is 46.1. The van der Waals surface area contributed by atoms with Gasteiger partial charge in [-0.05, 0) is 104 Å². The van der Waals surface area contributed by atoms with Gasteiger partial charge in [0, 0.05) is 58.8 Å². The summed E-state index contributed by atoms with van der Waals surface area (Å²) in [5, 5.41) is 9.66. The predicted molar refractivity (Wildman–Crippen MR) is 295 cm³/mol. The van der Waals surface area contributed by atoms with Gasteiger partial charge in [0.05, 0.1) is 16.7 Å². The molecule has 11 aromatic carbocycles. The minimum absolute atomic E-state index is 0.603. The quantitative estimate of drug-likeness (QED) is 0.160. The van der Waals surface area contributed by atoms with Crippen LogP contribution in [0.2, 0.25) is 0 Å². The number of benzene rings is 11. The average Bonchev–Trinajstić information content (AvgIpc) is 3.96. The van der Waals surface area contributed by atoms with E-state index in [1.807, 2.05) is 29.5 Å². The van der Waals surface area contributed by atoms with Gasteiger partial charge in [-0.1, -0.05) is 182 Å². The molecule has 5 heteroatoms. The molecule has 3 aromatic heterocycles. The Balaban J connectivity index is 1.09. The summed E-state index contributed by atoms with van der Waals surface area (Å²) in [7, 11) is 0. The first-order valence-corrected chi connectivity index (χ1v) is 24.5. The third-order valence-electron chi connectivity index (χ3n) is 13.8. The van der Waals surface area contributed by atoms with E-state index in [1.165, 1.54) is 58.1 Å². The first-order valence-electron chi connectivity index (χ1n) is 23.7. The molecule has 14 aromatic rings. The molecule has 0 aliphatic carbocycles. The SMILES string of the molecule is c1ccc(-c2ccc(-c3c(-n4c5cc6ccccc6cc5c5cc6ccccc6cc54)ccc(-c4nc(-c5ccccc5)nc(-c5ccc6sc7ccccc7c6c5)n4)c3-c3ccccc3)cc2)cc1. The van der Waals surface area contributed by atoms with Crippen molar-refractivity contribution in [2.45, 2.75) is 0 Å². The van der Waals surface area contributed by atoms with E-state index in [9.17, 15) is 0 Å². The van der Waals surface area contributed by atoms with Crippen LogP contribution in [-0.4, -0.2) is 19.5 Å². The lowest BCUT2D eigenvalue weighted by molar-refractivity contribution is 1.07. The predicted octanol–water partition coefficient (Wildman–Crippen LogP) is 17.6. The summed E-state index contributed by atoms with van der Waals surface area (Å²) >= 11 is 1.81. The summed E-state index contributed by atoms with van der Waals surface area (Å²) in [5.41, 5.74) is 12.7. The van der Waals surface area contributed by atoms with Crippen LogP contribution in [0.3, 0.4) is 0 Å². The highest BCUT2D eigenvalue weighted by Gasteiger charge is 2.25. The molecule has 0 N–H and O–H groups in total. The highest BCUT2D eigenvalue weighted by atomic mass is 32.1. The van der Waals surface area contributed by atoms with Crippen molar-refractivity contribution >= 4 is 74.9 Å². The maximum absolute atomic E-state index is 5.48. The number of hydrogen-bond acceptors (Lipinski definition) is 4. The molecular weight excluding hydrogens is 869 g/mol. The van der Waals surface area contributed by atoms with Gasteiger partial charge in [0.25, 0.3) is 0 Å². The number of hydrogen-bond donors (Lipinski definition) is 0. The van der Waals surface area contributed by atoms with Crippen LogP contribution < -0.4 is 0 Å². The van der Waals surface area contributed by atoms with E-state index in [0.717, 1.165) is 61.2 Å². The second-order valence-corrected chi connectivity index (χ2v) is 19.0. The molecule has 0 atom stereocenters. The first kappa shape index (κ1) is 40.1. The van der Waals surface area contributed by atoms with Crippen molar-refractivity contribution in [1.29, 1.82) is 0 Å². The molecule has 0 unspecified atom stereocenters. The smallest absolute Gasteiger partial charge is 0.164 e. The molecule has 4 nitrogen and oxygen atoms in total. The Hall–Kier alpha value is -9.03. The summed E-state index contributed by atoms with van der Waals surface area (Å²) in [5.74, 6) is 1.85. The molecule has 326 valence electrons. The summed E-state index contributed by atoms with van der Waals surface area (Å²) in [6.07, 6.45) is 0. The Morgan fingerprint density at radius 2 is 0.743 bits per heavy atom. The molecule has 0 saturated heterocycles. The van der Waals surface area contributed by atoms with Crippen LogP contribution in [0.15, 0.2) is 243 Å². The fraction of sp³-hybridized carbons (Fsp3) is 0. The zero-order valence-electron chi connectivity index (χ0n) is 37.8. The van der Waals surface area contributed by atoms with Gasteiger partial charge in [0.1, 0.15) is 0 Å². The lowest BCUT2D eigenvalue weighted by Gasteiger charge is -2.22. The molecular formula is C65H40N4S. The van der Waals surface area contributed by atoms with Crippen molar-refractivity contribution < 1.29 is 0 Å². The largest absolute Gasteiger partial charge is 0.309 e. The Bertz CT molecular complexity index is 4240. The molecule has 0 aliphatic rings. The molecule has 14 rings (SSSR count). The van der Waals surface area contributed by atoms with Crippen molar-refractivity contribution in [1.82, 2.24) is 19.5 Å². The minimum atomic E-state index is 0.603. The Labute approximate surface area is 408 Å². The molecule has 0 amide bonds. The highest BCUT2D eigenvalue weighted by Crippen LogP contribution is 2.47. The molecule has 0 aliphatic heterocycles. The summed E-state index contributed by atoms with van der Waals surface area (Å²) in [4.78, 5) is 16.1. The van der Waals surface area contributed by atoms with Gasteiger partial charge in [-0.15, -0.1) is 11.3 Å². The monoisotopic (exact) mass is 908 g/mol. The fourth-order valence-electron chi connectivity index (χ4n) is 10.5. The summed E-state index contributed by atoms with van der Waals surface area (Å²) in [6, 6.07) is 87.3. The third kappa shape index (κ3) is 6.70. The zero-order valence-corrected chi connectivity index (χ0v) is 38.6. The van der Waals surface area contributed by atoms with E-state index >= 15 is 0 Å². The fourth-order valence-corrected chi connectivity index (χ4v) is 11.6. The van der Waals surface area contributed by atoms with Crippen molar-refractivity contribution in [3.63, 3.8) is 0 Å².